The lowest BCUT2D eigenvalue weighted by Crippen LogP contribution is -2.37. The lowest BCUT2D eigenvalue weighted by molar-refractivity contribution is -0.870. The SMILES string of the molecule is CCCCCCCOCC(COP(=O)([O-])OCC[N+](C)(C)C)OC(=O)CCCCCC. The summed E-state index contributed by atoms with van der Waals surface area (Å²) >= 11 is 0. The highest BCUT2D eigenvalue weighted by Crippen LogP contribution is 2.38. The molecular formula is C22H46NO7P. The fourth-order valence-corrected chi connectivity index (χ4v) is 3.45. The molecule has 0 spiro atoms. The van der Waals surface area contributed by atoms with E-state index < -0.39 is 13.9 Å². The number of unbranched alkanes of at least 4 members (excludes halogenated alkanes) is 7. The number of phosphoric acid groups is 1. The van der Waals surface area contributed by atoms with Crippen LogP contribution in [0.1, 0.15) is 78.1 Å². The Kier molecular flexibility index (Phi) is 17.7. The Hall–Kier alpha value is -0.500. The first kappa shape index (κ1) is 30.5. The van der Waals surface area contributed by atoms with Crippen molar-refractivity contribution < 1.29 is 37.3 Å². The van der Waals surface area contributed by atoms with Crippen molar-refractivity contribution in [3.63, 3.8) is 0 Å². The van der Waals surface area contributed by atoms with Gasteiger partial charge < -0.3 is 27.9 Å². The van der Waals surface area contributed by atoms with Gasteiger partial charge in [0.25, 0.3) is 7.82 Å². The van der Waals surface area contributed by atoms with Crippen LogP contribution in [0.4, 0.5) is 0 Å². The number of ether oxygens (including phenoxy) is 2. The third-order valence-corrected chi connectivity index (χ3v) is 5.62. The van der Waals surface area contributed by atoms with Crippen LogP contribution in [-0.2, 0) is 27.9 Å². The van der Waals surface area contributed by atoms with E-state index in [1.165, 1.54) is 19.3 Å². The number of esters is 1. The van der Waals surface area contributed by atoms with Crippen molar-refractivity contribution in [2.45, 2.75) is 84.2 Å². The van der Waals surface area contributed by atoms with E-state index in [2.05, 4.69) is 13.8 Å². The number of likely N-dealkylation sites (N-methyl/N-ethyl adjacent to an activating group) is 1. The second-order valence-electron chi connectivity index (χ2n) is 9.00. The molecule has 0 aromatic heterocycles. The maximum absolute atomic E-state index is 12.1. The molecule has 0 amide bonds. The summed E-state index contributed by atoms with van der Waals surface area (Å²) in [5.41, 5.74) is 0. The van der Waals surface area contributed by atoms with Crippen LogP contribution < -0.4 is 4.89 Å². The van der Waals surface area contributed by atoms with Crippen molar-refractivity contribution >= 4 is 13.8 Å². The van der Waals surface area contributed by atoms with E-state index in [-0.39, 0.29) is 25.8 Å². The minimum absolute atomic E-state index is 0.0282. The molecule has 8 nitrogen and oxygen atoms in total. The van der Waals surface area contributed by atoms with Gasteiger partial charge >= 0.3 is 5.97 Å². The largest absolute Gasteiger partial charge is 0.756 e. The Labute approximate surface area is 189 Å². The lowest BCUT2D eigenvalue weighted by Gasteiger charge is -2.28. The zero-order chi connectivity index (χ0) is 23.6. The van der Waals surface area contributed by atoms with Crippen molar-refractivity contribution in [2.24, 2.45) is 0 Å². The monoisotopic (exact) mass is 467 g/mol. The molecule has 0 radical (unpaired) electrons. The van der Waals surface area contributed by atoms with Crippen LogP contribution in [-0.4, -0.2) is 70.7 Å². The van der Waals surface area contributed by atoms with Gasteiger partial charge in [-0.05, 0) is 12.8 Å². The van der Waals surface area contributed by atoms with Gasteiger partial charge in [0.05, 0.1) is 34.4 Å². The molecule has 0 aromatic rings. The number of rotatable bonds is 21. The molecule has 2 atom stereocenters. The predicted octanol–water partition coefficient (Wildman–Crippen LogP) is 4.06. The fraction of sp³-hybridized carbons (Fsp3) is 0.955. The van der Waals surface area contributed by atoms with Gasteiger partial charge in [-0.3, -0.25) is 9.36 Å². The minimum Gasteiger partial charge on any atom is -0.756 e. The zero-order valence-electron chi connectivity index (χ0n) is 20.4. The third kappa shape index (κ3) is 21.1. The first-order chi connectivity index (χ1) is 14.6. The van der Waals surface area contributed by atoms with Crippen LogP contribution in [0.5, 0.6) is 0 Å². The zero-order valence-corrected chi connectivity index (χ0v) is 21.3. The molecule has 31 heavy (non-hydrogen) atoms. The maximum atomic E-state index is 12.1. The summed E-state index contributed by atoms with van der Waals surface area (Å²) in [7, 11) is 1.35. The van der Waals surface area contributed by atoms with E-state index in [4.69, 9.17) is 18.5 Å². The number of nitrogens with zero attached hydrogens (tertiary/aromatic N) is 1. The molecule has 0 N–H and O–H groups in total. The number of hydrogen-bond donors (Lipinski definition) is 0. The lowest BCUT2D eigenvalue weighted by atomic mass is 10.1. The molecule has 0 saturated heterocycles. The molecule has 186 valence electrons. The third-order valence-electron chi connectivity index (χ3n) is 4.66. The topological polar surface area (TPSA) is 94.1 Å². The van der Waals surface area contributed by atoms with E-state index in [0.717, 1.165) is 38.5 Å². The number of phosphoric ester groups is 1. The normalized spacial score (nSPS) is 14.9. The molecule has 0 aliphatic rings. The summed E-state index contributed by atoms with van der Waals surface area (Å²) in [6.07, 6.45) is 8.98. The standard InChI is InChI=1S/C22H46NO7P/c1-6-8-10-12-14-17-27-19-21(30-22(24)15-13-11-9-7-2)20-29-31(25,26)28-18-16-23(3,4)5/h21H,6-20H2,1-5H3. The van der Waals surface area contributed by atoms with Gasteiger partial charge in [-0.1, -0.05) is 58.8 Å². The van der Waals surface area contributed by atoms with E-state index in [1.807, 2.05) is 21.1 Å². The van der Waals surface area contributed by atoms with Gasteiger partial charge in [-0.25, -0.2) is 0 Å². The number of quaternary nitrogens is 1. The Bertz CT molecular complexity index is 497. The summed E-state index contributed by atoms with van der Waals surface area (Å²) in [4.78, 5) is 24.1. The van der Waals surface area contributed by atoms with Crippen molar-refractivity contribution in [2.75, 3.05) is 54.1 Å². The Morgan fingerprint density at radius 3 is 2.10 bits per heavy atom. The molecule has 0 fully saturated rings. The molecule has 0 aliphatic carbocycles. The van der Waals surface area contributed by atoms with Gasteiger partial charge in [-0.2, -0.15) is 0 Å². The molecule has 0 heterocycles. The van der Waals surface area contributed by atoms with Crippen LogP contribution in [0.3, 0.4) is 0 Å². The van der Waals surface area contributed by atoms with E-state index >= 15 is 0 Å². The average molecular weight is 468 g/mol. The highest BCUT2D eigenvalue weighted by atomic mass is 31.2. The summed E-state index contributed by atoms with van der Waals surface area (Å²) in [6, 6.07) is 0. The van der Waals surface area contributed by atoms with Crippen molar-refractivity contribution in [3.8, 4) is 0 Å². The van der Waals surface area contributed by atoms with Crippen LogP contribution in [0.15, 0.2) is 0 Å². The molecule has 2 unspecified atom stereocenters. The molecule has 0 rings (SSSR count). The molecule has 0 aliphatic heterocycles. The van der Waals surface area contributed by atoms with E-state index in [0.29, 0.717) is 24.1 Å². The van der Waals surface area contributed by atoms with Crippen molar-refractivity contribution in [1.82, 2.24) is 0 Å². The Morgan fingerprint density at radius 2 is 1.48 bits per heavy atom. The minimum atomic E-state index is -4.47. The van der Waals surface area contributed by atoms with Gasteiger partial charge in [0, 0.05) is 13.0 Å². The first-order valence-corrected chi connectivity index (χ1v) is 13.2. The van der Waals surface area contributed by atoms with Crippen molar-refractivity contribution in [1.29, 1.82) is 0 Å². The van der Waals surface area contributed by atoms with E-state index in [9.17, 15) is 14.3 Å². The van der Waals surface area contributed by atoms with Gasteiger partial charge in [0.1, 0.15) is 19.3 Å². The van der Waals surface area contributed by atoms with Gasteiger partial charge in [0.2, 0.25) is 0 Å². The molecule has 9 heteroatoms. The van der Waals surface area contributed by atoms with Crippen LogP contribution in [0.25, 0.3) is 0 Å². The van der Waals surface area contributed by atoms with Crippen LogP contribution in [0, 0.1) is 0 Å². The van der Waals surface area contributed by atoms with Gasteiger partial charge in [0.15, 0.2) is 0 Å². The highest BCUT2D eigenvalue weighted by molar-refractivity contribution is 7.45. The fourth-order valence-electron chi connectivity index (χ4n) is 2.72. The highest BCUT2D eigenvalue weighted by Gasteiger charge is 2.20. The molecule has 0 aromatic carbocycles. The Morgan fingerprint density at radius 1 is 0.871 bits per heavy atom. The maximum Gasteiger partial charge on any atom is 0.306 e. The second kappa shape index (κ2) is 18.0. The quantitative estimate of drug-likeness (QED) is 0.109. The average Bonchev–Trinajstić information content (AvgIpc) is 2.67. The smallest absolute Gasteiger partial charge is 0.306 e. The second-order valence-corrected chi connectivity index (χ2v) is 10.4. The van der Waals surface area contributed by atoms with E-state index in [1.54, 1.807) is 0 Å². The molecule has 0 bridgehead atoms. The van der Waals surface area contributed by atoms with Crippen LogP contribution in [0.2, 0.25) is 0 Å². The van der Waals surface area contributed by atoms with Crippen LogP contribution >= 0.6 is 7.82 Å². The number of carbonyl (C=O) groups is 1. The Balaban J connectivity index is 4.46. The summed E-state index contributed by atoms with van der Waals surface area (Å²) in [5, 5.41) is 0. The predicted molar refractivity (Wildman–Crippen MR) is 121 cm³/mol. The number of hydrogen-bond acceptors (Lipinski definition) is 7. The summed E-state index contributed by atoms with van der Waals surface area (Å²) in [6.45, 7) is 5.17. The van der Waals surface area contributed by atoms with Crippen molar-refractivity contribution in [3.05, 3.63) is 0 Å². The molecular weight excluding hydrogens is 421 g/mol. The number of carbonyl (C=O) groups excluding carboxylic acids is 1. The first-order valence-electron chi connectivity index (χ1n) is 11.8. The molecule has 0 saturated carbocycles. The summed E-state index contributed by atoms with van der Waals surface area (Å²) < 4.78 is 33.5. The van der Waals surface area contributed by atoms with Gasteiger partial charge in [-0.15, -0.1) is 0 Å². The summed E-state index contributed by atoms with van der Waals surface area (Å²) in [5.74, 6) is -0.358.